The number of rotatable bonds is 6. The van der Waals surface area contributed by atoms with Crippen LogP contribution >= 0.6 is 15.9 Å². The summed E-state index contributed by atoms with van der Waals surface area (Å²) in [6.07, 6.45) is 1.41. The van der Waals surface area contributed by atoms with Gasteiger partial charge in [-0.25, -0.2) is 4.79 Å². The van der Waals surface area contributed by atoms with Crippen LogP contribution in [0, 0.1) is 5.92 Å². The predicted octanol–water partition coefficient (Wildman–Crippen LogP) is 3.54. The maximum absolute atomic E-state index is 12.3. The highest BCUT2D eigenvalue weighted by Crippen LogP contribution is 2.13. The van der Waals surface area contributed by atoms with Crippen molar-refractivity contribution in [2.24, 2.45) is 5.92 Å². The Bertz CT molecular complexity index is 650. The van der Waals surface area contributed by atoms with Crippen molar-refractivity contribution in [3.05, 3.63) is 58.5 Å². The van der Waals surface area contributed by atoms with Crippen molar-refractivity contribution >= 4 is 27.8 Å². The molecule has 122 valence electrons. The first-order valence-corrected chi connectivity index (χ1v) is 8.02. The lowest BCUT2D eigenvalue weighted by Gasteiger charge is -2.20. The van der Waals surface area contributed by atoms with Crippen molar-refractivity contribution in [3.63, 3.8) is 0 Å². The number of esters is 1. The minimum Gasteiger partial charge on any atom is -0.459 e. The lowest BCUT2D eigenvalue weighted by Crippen LogP contribution is -2.45. The van der Waals surface area contributed by atoms with Gasteiger partial charge >= 0.3 is 5.97 Å². The maximum atomic E-state index is 12.3. The van der Waals surface area contributed by atoms with E-state index in [1.54, 1.807) is 12.1 Å². The molecule has 0 fully saturated rings. The second kappa shape index (κ2) is 7.97. The summed E-state index contributed by atoms with van der Waals surface area (Å²) in [5, 5.41) is 2.65. The Kier molecular flexibility index (Phi) is 5.98. The molecule has 1 aromatic heterocycles. The van der Waals surface area contributed by atoms with Gasteiger partial charge in [0.2, 0.25) is 0 Å². The van der Waals surface area contributed by atoms with Crippen LogP contribution in [-0.4, -0.2) is 17.9 Å². The van der Waals surface area contributed by atoms with Crippen LogP contribution in [0.15, 0.2) is 51.6 Å². The zero-order chi connectivity index (χ0) is 16.8. The Morgan fingerprint density at radius 2 is 1.91 bits per heavy atom. The number of amides is 1. The van der Waals surface area contributed by atoms with Gasteiger partial charge in [0.1, 0.15) is 12.6 Å². The van der Waals surface area contributed by atoms with E-state index in [4.69, 9.17) is 9.15 Å². The molecule has 6 heteroatoms. The van der Waals surface area contributed by atoms with Crippen LogP contribution in [-0.2, 0) is 16.1 Å². The average Bonchev–Trinajstić information content (AvgIpc) is 3.05. The zero-order valence-electron chi connectivity index (χ0n) is 12.9. The number of hydrogen-bond acceptors (Lipinski definition) is 4. The van der Waals surface area contributed by atoms with Crippen LogP contribution in [0.2, 0.25) is 0 Å². The molecule has 0 unspecified atom stereocenters. The first-order chi connectivity index (χ1) is 11.0. The molecule has 2 rings (SSSR count). The van der Waals surface area contributed by atoms with Crippen LogP contribution in [0.3, 0.4) is 0 Å². The summed E-state index contributed by atoms with van der Waals surface area (Å²) >= 11 is 3.35. The van der Waals surface area contributed by atoms with Crippen molar-refractivity contribution in [3.8, 4) is 0 Å². The Balaban J connectivity index is 1.95. The highest BCUT2D eigenvalue weighted by Gasteiger charge is 2.27. The highest BCUT2D eigenvalue weighted by atomic mass is 79.9. The largest absolute Gasteiger partial charge is 0.459 e. The number of hydrogen-bond donors (Lipinski definition) is 1. The van der Waals surface area contributed by atoms with Crippen LogP contribution in [0.4, 0.5) is 0 Å². The summed E-state index contributed by atoms with van der Waals surface area (Å²) in [7, 11) is 0. The van der Waals surface area contributed by atoms with Crippen molar-refractivity contribution in [2.75, 3.05) is 0 Å². The number of nitrogens with one attached hydrogen (secondary N) is 1. The molecule has 23 heavy (non-hydrogen) atoms. The molecule has 1 atom stereocenters. The highest BCUT2D eigenvalue weighted by molar-refractivity contribution is 9.10. The normalized spacial score (nSPS) is 12.0. The van der Waals surface area contributed by atoms with Gasteiger partial charge in [-0.05, 0) is 35.7 Å². The molecular weight excluding hydrogens is 362 g/mol. The van der Waals surface area contributed by atoms with Gasteiger partial charge in [-0.2, -0.15) is 0 Å². The lowest BCUT2D eigenvalue weighted by molar-refractivity contribution is -0.148. The van der Waals surface area contributed by atoms with Crippen molar-refractivity contribution < 1.29 is 18.7 Å². The first kappa shape index (κ1) is 17.3. The second-order valence-electron chi connectivity index (χ2n) is 5.41. The van der Waals surface area contributed by atoms with E-state index in [0.717, 1.165) is 10.0 Å². The predicted molar refractivity (Wildman–Crippen MR) is 88.7 cm³/mol. The smallest absolute Gasteiger partial charge is 0.329 e. The van der Waals surface area contributed by atoms with Gasteiger partial charge in [0, 0.05) is 4.47 Å². The summed E-state index contributed by atoms with van der Waals surface area (Å²) in [6, 6.07) is 9.91. The molecule has 0 spiro atoms. The Morgan fingerprint density at radius 1 is 1.22 bits per heavy atom. The molecule has 0 saturated heterocycles. The molecule has 5 nitrogen and oxygen atoms in total. The van der Waals surface area contributed by atoms with Crippen LogP contribution in [0.5, 0.6) is 0 Å². The van der Waals surface area contributed by atoms with E-state index in [0.29, 0.717) is 0 Å². The minimum absolute atomic E-state index is 0.105. The third-order valence-corrected chi connectivity index (χ3v) is 3.78. The molecule has 0 bridgehead atoms. The summed E-state index contributed by atoms with van der Waals surface area (Å²) in [6.45, 7) is 3.84. The third-order valence-electron chi connectivity index (χ3n) is 3.25. The molecule has 1 N–H and O–H groups in total. The third kappa shape index (κ3) is 4.96. The number of furan rings is 1. The van der Waals surface area contributed by atoms with Crippen LogP contribution in [0.25, 0.3) is 0 Å². The molecule has 0 aliphatic heterocycles. The standard InChI is InChI=1S/C17H18BrNO4/c1-11(2)15(19-16(20)14-4-3-9-22-14)17(21)23-10-12-5-7-13(18)8-6-12/h3-9,11,15H,10H2,1-2H3,(H,19,20)/t15-/m0/s1. The number of carbonyl (C=O) groups is 2. The molecule has 1 heterocycles. The Morgan fingerprint density at radius 3 is 2.48 bits per heavy atom. The van der Waals surface area contributed by atoms with E-state index in [1.807, 2.05) is 38.1 Å². The second-order valence-corrected chi connectivity index (χ2v) is 6.32. The van der Waals surface area contributed by atoms with E-state index in [9.17, 15) is 9.59 Å². The lowest BCUT2D eigenvalue weighted by atomic mass is 10.0. The van der Waals surface area contributed by atoms with Crippen LogP contribution in [0.1, 0.15) is 30.0 Å². The van der Waals surface area contributed by atoms with Crippen molar-refractivity contribution in [2.45, 2.75) is 26.5 Å². The summed E-state index contributed by atoms with van der Waals surface area (Å²) in [4.78, 5) is 24.3. The summed E-state index contributed by atoms with van der Waals surface area (Å²) < 4.78 is 11.3. The number of carbonyl (C=O) groups excluding carboxylic acids is 2. The quantitative estimate of drug-likeness (QED) is 0.779. The minimum atomic E-state index is -0.733. The Labute approximate surface area is 143 Å². The molecule has 0 aliphatic rings. The number of halogens is 1. The van der Waals surface area contributed by atoms with Gasteiger partial charge in [-0.3, -0.25) is 4.79 Å². The monoisotopic (exact) mass is 379 g/mol. The first-order valence-electron chi connectivity index (χ1n) is 7.23. The fourth-order valence-corrected chi connectivity index (χ4v) is 2.21. The van der Waals surface area contributed by atoms with Crippen molar-refractivity contribution in [1.82, 2.24) is 5.32 Å². The Hall–Kier alpha value is -2.08. The molecule has 2 aromatic rings. The molecule has 0 aliphatic carbocycles. The molecule has 1 amide bonds. The van der Waals surface area contributed by atoms with Gasteiger partial charge in [-0.1, -0.05) is 41.9 Å². The van der Waals surface area contributed by atoms with E-state index >= 15 is 0 Å². The van der Waals surface area contributed by atoms with E-state index in [2.05, 4.69) is 21.2 Å². The number of benzene rings is 1. The van der Waals surface area contributed by atoms with E-state index in [-0.39, 0.29) is 18.3 Å². The van der Waals surface area contributed by atoms with Gasteiger partial charge < -0.3 is 14.5 Å². The van der Waals surface area contributed by atoms with Gasteiger partial charge in [0.05, 0.1) is 6.26 Å². The molecular formula is C17H18BrNO4. The fourth-order valence-electron chi connectivity index (χ4n) is 1.94. The number of ether oxygens (including phenoxy) is 1. The zero-order valence-corrected chi connectivity index (χ0v) is 14.5. The fraction of sp³-hybridized carbons (Fsp3) is 0.294. The van der Waals surface area contributed by atoms with Gasteiger partial charge in [0.15, 0.2) is 5.76 Å². The maximum Gasteiger partial charge on any atom is 0.329 e. The van der Waals surface area contributed by atoms with E-state index in [1.165, 1.54) is 6.26 Å². The van der Waals surface area contributed by atoms with Gasteiger partial charge in [-0.15, -0.1) is 0 Å². The van der Waals surface area contributed by atoms with E-state index < -0.39 is 17.9 Å². The summed E-state index contributed by atoms with van der Waals surface area (Å²) in [5.41, 5.74) is 0.876. The SMILES string of the molecule is CC(C)[C@H](NC(=O)c1ccco1)C(=O)OCc1ccc(Br)cc1. The van der Waals surface area contributed by atoms with Crippen LogP contribution < -0.4 is 5.32 Å². The average molecular weight is 380 g/mol. The topological polar surface area (TPSA) is 68.5 Å². The van der Waals surface area contributed by atoms with Crippen molar-refractivity contribution in [1.29, 1.82) is 0 Å². The molecule has 0 saturated carbocycles. The molecule has 0 radical (unpaired) electrons. The van der Waals surface area contributed by atoms with Gasteiger partial charge in [0.25, 0.3) is 5.91 Å². The summed E-state index contributed by atoms with van der Waals surface area (Å²) in [5.74, 6) is -0.847. The molecule has 1 aromatic carbocycles.